The van der Waals surface area contributed by atoms with Crippen LogP contribution in [-0.2, 0) is 6.42 Å². The lowest BCUT2D eigenvalue weighted by atomic mass is 10.1. The van der Waals surface area contributed by atoms with Gasteiger partial charge in [0, 0.05) is 19.6 Å². The third kappa shape index (κ3) is 4.80. The number of hydrogen-bond acceptors (Lipinski definition) is 6. The smallest absolute Gasteiger partial charge is 0.302 e. The zero-order valence-corrected chi connectivity index (χ0v) is 16.0. The molecule has 1 aromatic carbocycles. The SMILES string of the molecule is Nc1nc(N)c(C(=O)/N=C2/NCCN2CCCCc2ccc(O)cc2)nc1Cl. The third-order valence-corrected chi connectivity index (χ3v) is 4.64. The van der Waals surface area contributed by atoms with Crippen LogP contribution in [0.4, 0.5) is 11.6 Å². The number of rotatable bonds is 6. The van der Waals surface area contributed by atoms with Crippen molar-refractivity contribution in [3.63, 3.8) is 0 Å². The molecule has 0 atom stereocenters. The topological polar surface area (TPSA) is 143 Å². The number of nitrogens with zero attached hydrogens (tertiary/aromatic N) is 4. The summed E-state index contributed by atoms with van der Waals surface area (Å²) in [6.45, 7) is 2.23. The Morgan fingerprint density at radius 2 is 1.96 bits per heavy atom. The molecule has 1 saturated heterocycles. The summed E-state index contributed by atoms with van der Waals surface area (Å²) in [5, 5.41) is 12.3. The van der Waals surface area contributed by atoms with Gasteiger partial charge in [-0.1, -0.05) is 23.7 Å². The van der Waals surface area contributed by atoms with Crippen LogP contribution in [-0.4, -0.2) is 51.5 Å². The number of nitrogens with two attached hydrogens (primary N) is 2. The maximum absolute atomic E-state index is 12.4. The van der Waals surface area contributed by atoms with Gasteiger partial charge in [0.25, 0.3) is 0 Å². The number of phenolic OH excluding ortho intramolecular Hbond substituents is 1. The summed E-state index contributed by atoms with van der Waals surface area (Å²) in [4.78, 5) is 26.2. The Morgan fingerprint density at radius 3 is 2.71 bits per heavy atom. The molecule has 1 aliphatic heterocycles. The quantitative estimate of drug-likeness (QED) is 0.530. The monoisotopic (exact) mass is 403 g/mol. The number of benzene rings is 1. The van der Waals surface area contributed by atoms with Gasteiger partial charge in [0.1, 0.15) is 5.75 Å². The molecular formula is C18H22ClN7O2. The van der Waals surface area contributed by atoms with Crippen LogP contribution in [0.1, 0.15) is 28.9 Å². The van der Waals surface area contributed by atoms with E-state index in [1.807, 2.05) is 17.0 Å². The average Bonchev–Trinajstić information content (AvgIpc) is 3.10. The number of nitrogens with one attached hydrogen (secondary N) is 1. The number of nitrogen functional groups attached to an aromatic ring is 2. The van der Waals surface area contributed by atoms with Crippen LogP contribution in [0.15, 0.2) is 29.3 Å². The number of carbonyl (C=O) groups is 1. The molecule has 1 aliphatic rings. The van der Waals surface area contributed by atoms with Gasteiger partial charge < -0.3 is 26.8 Å². The molecule has 1 fully saturated rings. The van der Waals surface area contributed by atoms with E-state index in [2.05, 4.69) is 20.3 Å². The Morgan fingerprint density at radius 1 is 1.21 bits per heavy atom. The number of halogens is 1. The highest BCUT2D eigenvalue weighted by molar-refractivity contribution is 6.31. The Kier molecular flexibility index (Phi) is 6.15. The molecule has 0 spiro atoms. The minimum Gasteiger partial charge on any atom is -0.508 e. The van der Waals surface area contributed by atoms with E-state index < -0.39 is 5.91 Å². The number of phenols is 1. The Hall–Kier alpha value is -3.07. The summed E-state index contributed by atoms with van der Waals surface area (Å²) in [7, 11) is 0. The summed E-state index contributed by atoms with van der Waals surface area (Å²) in [5.74, 6) is 0.00612. The van der Waals surface area contributed by atoms with Crippen LogP contribution in [0.25, 0.3) is 0 Å². The highest BCUT2D eigenvalue weighted by Crippen LogP contribution is 2.18. The van der Waals surface area contributed by atoms with Crippen LogP contribution in [0.3, 0.4) is 0 Å². The molecule has 0 radical (unpaired) electrons. The van der Waals surface area contributed by atoms with Gasteiger partial charge in [-0.05, 0) is 37.0 Å². The summed E-state index contributed by atoms with van der Waals surface area (Å²) >= 11 is 5.82. The predicted octanol–water partition coefficient (Wildman–Crippen LogP) is 1.42. The molecule has 3 rings (SSSR count). The second-order valence-corrected chi connectivity index (χ2v) is 6.77. The molecule has 1 aromatic heterocycles. The van der Waals surface area contributed by atoms with Crippen LogP contribution < -0.4 is 16.8 Å². The standard InChI is InChI=1S/C18H22ClN7O2/c19-14-16(21)24-15(20)13(23-14)17(28)25-18-22-8-10-26(18)9-2-1-3-11-4-6-12(27)7-5-11/h4-7,27H,1-3,8-10H2,(H4,20,21,24)(H,22,25,28). The van der Waals surface area contributed by atoms with Crippen LogP contribution in [0, 0.1) is 0 Å². The van der Waals surface area contributed by atoms with Crippen molar-refractivity contribution >= 4 is 35.1 Å². The fourth-order valence-electron chi connectivity index (χ4n) is 2.89. The summed E-state index contributed by atoms with van der Waals surface area (Å²) in [6, 6.07) is 7.21. The molecule has 0 saturated carbocycles. The van der Waals surface area contributed by atoms with Gasteiger partial charge in [-0.25, -0.2) is 9.97 Å². The van der Waals surface area contributed by atoms with E-state index in [0.717, 1.165) is 32.4 Å². The van der Waals surface area contributed by atoms with E-state index in [9.17, 15) is 9.90 Å². The van der Waals surface area contributed by atoms with Crippen molar-refractivity contribution in [3.05, 3.63) is 40.7 Å². The third-order valence-electron chi connectivity index (χ3n) is 4.36. The second-order valence-electron chi connectivity index (χ2n) is 6.41. The molecule has 28 heavy (non-hydrogen) atoms. The van der Waals surface area contributed by atoms with Crippen molar-refractivity contribution < 1.29 is 9.90 Å². The zero-order valence-electron chi connectivity index (χ0n) is 15.2. The first-order valence-corrected chi connectivity index (χ1v) is 9.30. The van der Waals surface area contributed by atoms with Gasteiger partial charge in [-0.3, -0.25) is 4.79 Å². The number of aromatic nitrogens is 2. The fraction of sp³-hybridized carbons (Fsp3) is 0.333. The number of aromatic hydroxyl groups is 1. The van der Waals surface area contributed by atoms with Crippen molar-refractivity contribution in [3.8, 4) is 5.75 Å². The van der Waals surface area contributed by atoms with Crippen molar-refractivity contribution in [1.82, 2.24) is 20.2 Å². The fourth-order valence-corrected chi connectivity index (χ4v) is 3.02. The number of amides is 1. The Bertz CT molecular complexity index is 886. The first-order valence-electron chi connectivity index (χ1n) is 8.92. The van der Waals surface area contributed by atoms with E-state index in [1.165, 1.54) is 5.56 Å². The maximum atomic E-state index is 12.4. The van der Waals surface area contributed by atoms with E-state index in [1.54, 1.807) is 12.1 Å². The highest BCUT2D eigenvalue weighted by atomic mass is 35.5. The van der Waals surface area contributed by atoms with Crippen molar-refractivity contribution in [1.29, 1.82) is 0 Å². The van der Waals surface area contributed by atoms with E-state index in [-0.39, 0.29) is 28.2 Å². The molecule has 0 unspecified atom stereocenters. The number of aryl methyl sites for hydroxylation is 1. The van der Waals surface area contributed by atoms with Gasteiger partial charge in [0.05, 0.1) is 0 Å². The molecule has 2 heterocycles. The van der Waals surface area contributed by atoms with Crippen LogP contribution in [0.5, 0.6) is 5.75 Å². The van der Waals surface area contributed by atoms with Crippen LogP contribution >= 0.6 is 11.6 Å². The summed E-state index contributed by atoms with van der Waals surface area (Å²) in [6.07, 6.45) is 2.84. The average molecular weight is 404 g/mol. The highest BCUT2D eigenvalue weighted by Gasteiger charge is 2.21. The maximum Gasteiger partial charge on any atom is 0.302 e. The second kappa shape index (κ2) is 8.75. The predicted molar refractivity (Wildman–Crippen MR) is 108 cm³/mol. The molecule has 6 N–H and O–H groups in total. The van der Waals surface area contributed by atoms with Crippen molar-refractivity contribution in [2.45, 2.75) is 19.3 Å². The molecule has 9 nitrogen and oxygen atoms in total. The van der Waals surface area contributed by atoms with E-state index in [4.69, 9.17) is 23.1 Å². The lowest BCUT2D eigenvalue weighted by Crippen LogP contribution is -2.32. The van der Waals surface area contributed by atoms with E-state index >= 15 is 0 Å². The van der Waals surface area contributed by atoms with Gasteiger partial charge >= 0.3 is 5.91 Å². The van der Waals surface area contributed by atoms with Gasteiger partial charge in [0.2, 0.25) is 5.96 Å². The number of hydrogen-bond donors (Lipinski definition) is 4. The summed E-state index contributed by atoms with van der Waals surface area (Å²) in [5.41, 5.74) is 12.3. The summed E-state index contributed by atoms with van der Waals surface area (Å²) < 4.78 is 0. The minimum absolute atomic E-state index is 0.0300. The van der Waals surface area contributed by atoms with E-state index in [0.29, 0.717) is 12.5 Å². The largest absolute Gasteiger partial charge is 0.508 e. The number of aliphatic imine (C=N–C) groups is 1. The number of anilines is 2. The van der Waals surface area contributed by atoms with Gasteiger partial charge in [-0.15, -0.1) is 0 Å². The first kappa shape index (κ1) is 19.7. The number of unbranched alkanes of at least 4 members (excludes halogenated alkanes) is 1. The van der Waals surface area contributed by atoms with Crippen molar-refractivity contribution in [2.24, 2.45) is 4.99 Å². The van der Waals surface area contributed by atoms with Gasteiger partial charge in [0.15, 0.2) is 22.5 Å². The Labute approximate surface area is 167 Å². The molecule has 0 aliphatic carbocycles. The molecular weight excluding hydrogens is 382 g/mol. The van der Waals surface area contributed by atoms with Crippen LogP contribution in [0.2, 0.25) is 5.15 Å². The minimum atomic E-state index is -0.620. The number of carbonyl (C=O) groups excluding carboxylic acids is 1. The lowest BCUT2D eigenvalue weighted by molar-refractivity contribution is 0.0997. The molecule has 2 aromatic rings. The number of guanidine groups is 1. The molecule has 0 bridgehead atoms. The molecule has 148 valence electrons. The molecule has 10 heteroatoms. The van der Waals surface area contributed by atoms with Crippen molar-refractivity contribution in [2.75, 3.05) is 31.1 Å². The normalized spacial score (nSPS) is 15.0. The first-order chi connectivity index (χ1) is 13.4. The Balaban J connectivity index is 1.57. The van der Waals surface area contributed by atoms with Gasteiger partial charge in [-0.2, -0.15) is 4.99 Å². The molecule has 1 amide bonds. The zero-order chi connectivity index (χ0) is 20.1. The lowest BCUT2D eigenvalue weighted by Gasteiger charge is -2.17.